The van der Waals surface area contributed by atoms with Crippen molar-refractivity contribution >= 4 is 17.8 Å². The number of nitro groups is 1. The molecule has 0 aromatic carbocycles. The van der Waals surface area contributed by atoms with Gasteiger partial charge in [0, 0.05) is 48.0 Å². The normalized spacial score (nSPS) is 13.7. The van der Waals surface area contributed by atoms with Crippen LogP contribution < -0.4 is 5.32 Å². The van der Waals surface area contributed by atoms with Crippen LogP contribution >= 0.6 is 0 Å². The van der Waals surface area contributed by atoms with Gasteiger partial charge >= 0.3 is 17.8 Å². The fourth-order valence-corrected chi connectivity index (χ4v) is 4.39. The highest BCUT2D eigenvalue weighted by molar-refractivity contribution is 5.99. The first-order valence-corrected chi connectivity index (χ1v) is 12.3. The molecule has 0 saturated carbocycles. The van der Waals surface area contributed by atoms with Crippen LogP contribution in [0.4, 0.5) is 5.82 Å². The Hall–Kier alpha value is -4.87. The number of imidazole rings is 1. The number of hydrogen-bond donors (Lipinski definition) is 1. The van der Waals surface area contributed by atoms with Crippen molar-refractivity contribution < 1.29 is 24.0 Å². The van der Waals surface area contributed by atoms with E-state index in [4.69, 9.17) is 9.47 Å². The van der Waals surface area contributed by atoms with Crippen molar-refractivity contribution in [2.45, 2.75) is 32.6 Å². The summed E-state index contributed by atoms with van der Waals surface area (Å²) in [6.45, 7) is 3.44. The standard InChI is InChI=1S/C27H28N6O6/c1-17-22(26(34)38-14-10-19-8-4-6-12-28-19)24(25-30-16-21(32(25)3)33(36)37)23(18(2)31-17)27(35)39-15-11-20-9-5-7-13-29-20/h4-9,12-13,16,24,31H,10-11,14-15H2,1-3H3. The molecule has 0 spiro atoms. The van der Waals surface area contributed by atoms with Gasteiger partial charge in [-0.25, -0.2) is 19.1 Å². The Morgan fingerprint density at radius 3 is 1.85 bits per heavy atom. The fourth-order valence-electron chi connectivity index (χ4n) is 4.39. The van der Waals surface area contributed by atoms with Crippen molar-refractivity contribution in [3.05, 3.63) is 105 Å². The number of nitrogens with zero attached hydrogens (tertiary/aromatic N) is 5. The largest absolute Gasteiger partial charge is 0.462 e. The number of dihydropyridines is 1. The van der Waals surface area contributed by atoms with E-state index in [0.29, 0.717) is 24.2 Å². The number of pyridine rings is 2. The molecule has 0 radical (unpaired) electrons. The lowest BCUT2D eigenvalue weighted by atomic mass is 9.84. The molecular formula is C27H28N6O6. The van der Waals surface area contributed by atoms with Gasteiger partial charge in [0.25, 0.3) is 0 Å². The molecule has 0 unspecified atom stereocenters. The first-order valence-electron chi connectivity index (χ1n) is 12.3. The SMILES string of the molecule is CC1=C(C(=O)OCCc2ccccn2)C(c2ncc([N+](=O)[O-])n2C)C(C(=O)OCCc2ccccn2)=C(C)N1. The second-order valence-electron chi connectivity index (χ2n) is 8.84. The van der Waals surface area contributed by atoms with Gasteiger partial charge in [0.2, 0.25) is 5.82 Å². The molecule has 0 aliphatic carbocycles. The summed E-state index contributed by atoms with van der Waals surface area (Å²) in [6, 6.07) is 10.9. The molecule has 1 aliphatic rings. The molecule has 3 aromatic heterocycles. The zero-order chi connectivity index (χ0) is 27.9. The molecule has 1 aliphatic heterocycles. The summed E-state index contributed by atoms with van der Waals surface area (Å²) in [5.41, 5.74) is 2.61. The maximum atomic E-state index is 13.4. The second-order valence-corrected chi connectivity index (χ2v) is 8.84. The third kappa shape index (κ3) is 6.17. The van der Waals surface area contributed by atoms with Crippen molar-refractivity contribution in [1.82, 2.24) is 24.8 Å². The second kappa shape index (κ2) is 12.1. The summed E-state index contributed by atoms with van der Waals surface area (Å²) in [6.07, 6.45) is 5.18. The first-order chi connectivity index (χ1) is 18.8. The number of hydrogen-bond acceptors (Lipinski definition) is 10. The third-order valence-electron chi connectivity index (χ3n) is 6.28. The number of ether oxygens (including phenoxy) is 2. The Bertz CT molecular complexity index is 1350. The molecule has 12 heteroatoms. The van der Waals surface area contributed by atoms with Crippen LogP contribution in [-0.4, -0.2) is 49.6 Å². The Morgan fingerprint density at radius 1 is 0.923 bits per heavy atom. The van der Waals surface area contributed by atoms with Gasteiger partial charge in [0.15, 0.2) is 0 Å². The number of carbonyl (C=O) groups excluding carboxylic acids is 2. The van der Waals surface area contributed by atoms with Crippen molar-refractivity contribution in [1.29, 1.82) is 0 Å². The molecular weight excluding hydrogens is 504 g/mol. The average Bonchev–Trinajstić information content (AvgIpc) is 3.30. The maximum Gasteiger partial charge on any atom is 0.342 e. The summed E-state index contributed by atoms with van der Waals surface area (Å²) in [5, 5.41) is 14.6. The highest BCUT2D eigenvalue weighted by Crippen LogP contribution is 2.39. The van der Waals surface area contributed by atoms with E-state index in [1.54, 1.807) is 38.4 Å². The van der Waals surface area contributed by atoms with E-state index in [-0.39, 0.29) is 36.0 Å². The number of rotatable bonds is 10. The Balaban J connectivity index is 1.62. The quantitative estimate of drug-likeness (QED) is 0.234. The zero-order valence-electron chi connectivity index (χ0n) is 21.8. The van der Waals surface area contributed by atoms with Crippen molar-refractivity contribution in [3.63, 3.8) is 0 Å². The molecule has 0 fully saturated rings. The average molecular weight is 533 g/mol. The molecule has 4 heterocycles. The monoisotopic (exact) mass is 532 g/mol. The zero-order valence-corrected chi connectivity index (χ0v) is 21.8. The fraction of sp³-hybridized carbons (Fsp3) is 0.296. The minimum absolute atomic E-state index is 0.0482. The number of aromatic nitrogens is 4. The highest BCUT2D eigenvalue weighted by Gasteiger charge is 2.42. The summed E-state index contributed by atoms with van der Waals surface area (Å²) >= 11 is 0. The topological polar surface area (TPSA) is 151 Å². The van der Waals surface area contributed by atoms with Crippen molar-refractivity contribution in [3.8, 4) is 0 Å². The lowest BCUT2D eigenvalue weighted by Gasteiger charge is -2.28. The third-order valence-corrected chi connectivity index (χ3v) is 6.28. The number of allylic oxidation sites excluding steroid dienone is 2. The molecule has 0 saturated heterocycles. The predicted molar refractivity (Wildman–Crippen MR) is 139 cm³/mol. The highest BCUT2D eigenvalue weighted by atomic mass is 16.6. The Kier molecular flexibility index (Phi) is 8.44. The van der Waals surface area contributed by atoms with E-state index in [1.165, 1.54) is 11.6 Å². The van der Waals surface area contributed by atoms with Crippen LogP contribution in [0.5, 0.6) is 0 Å². The van der Waals surface area contributed by atoms with Gasteiger partial charge in [-0.2, -0.15) is 0 Å². The van der Waals surface area contributed by atoms with Gasteiger partial charge in [-0.3, -0.25) is 9.97 Å². The lowest BCUT2D eigenvalue weighted by Crippen LogP contribution is -2.34. The van der Waals surface area contributed by atoms with E-state index < -0.39 is 22.8 Å². The Morgan fingerprint density at radius 2 is 1.44 bits per heavy atom. The van der Waals surface area contributed by atoms with Crippen molar-refractivity contribution in [2.75, 3.05) is 13.2 Å². The molecule has 0 amide bonds. The number of nitrogens with one attached hydrogen (secondary N) is 1. The van der Waals surface area contributed by atoms with E-state index in [9.17, 15) is 19.7 Å². The number of carbonyl (C=O) groups is 2. The molecule has 202 valence electrons. The molecule has 39 heavy (non-hydrogen) atoms. The summed E-state index contributed by atoms with van der Waals surface area (Å²) in [7, 11) is 1.46. The summed E-state index contributed by atoms with van der Waals surface area (Å²) in [4.78, 5) is 50.5. The van der Waals surface area contributed by atoms with Crippen LogP contribution in [0, 0.1) is 10.1 Å². The van der Waals surface area contributed by atoms with Gasteiger partial charge in [0.05, 0.1) is 31.4 Å². The first kappa shape index (κ1) is 27.2. The van der Waals surface area contributed by atoms with Crippen LogP contribution in [0.3, 0.4) is 0 Å². The Labute approximate surface area is 224 Å². The van der Waals surface area contributed by atoms with Gasteiger partial charge in [-0.15, -0.1) is 0 Å². The van der Waals surface area contributed by atoms with Gasteiger partial charge < -0.3 is 24.9 Å². The molecule has 12 nitrogen and oxygen atoms in total. The lowest BCUT2D eigenvalue weighted by molar-refractivity contribution is -0.391. The smallest absolute Gasteiger partial charge is 0.342 e. The van der Waals surface area contributed by atoms with E-state index >= 15 is 0 Å². The van der Waals surface area contributed by atoms with Crippen LogP contribution in [0.15, 0.2) is 77.5 Å². The molecule has 4 rings (SSSR count). The van der Waals surface area contributed by atoms with Crippen LogP contribution in [0.1, 0.15) is 37.0 Å². The van der Waals surface area contributed by atoms with Crippen LogP contribution in [0.2, 0.25) is 0 Å². The van der Waals surface area contributed by atoms with Gasteiger partial charge in [-0.05, 0) is 43.0 Å². The van der Waals surface area contributed by atoms with Crippen molar-refractivity contribution in [2.24, 2.45) is 7.05 Å². The van der Waals surface area contributed by atoms with Gasteiger partial charge in [0.1, 0.15) is 12.1 Å². The van der Waals surface area contributed by atoms with E-state index in [0.717, 1.165) is 17.6 Å². The molecule has 1 N–H and O–H groups in total. The van der Waals surface area contributed by atoms with Crippen LogP contribution in [0.25, 0.3) is 0 Å². The van der Waals surface area contributed by atoms with Crippen LogP contribution in [-0.2, 0) is 39.0 Å². The molecule has 0 atom stereocenters. The predicted octanol–water partition coefficient (Wildman–Crippen LogP) is 2.92. The maximum absolute atomic E-state index is 13.4. The van der Waals surface area contributed by atoms with E-state index in [2.05, 4.69) is 20.3 Å². The number of esters is 2. The molecule has 3 aromatic rings. The summed E-state index contributed by atoms with van der Waals surface area (Å²) < 4.78 is 12.4. The molecule has 0 bridgehead atoms. The minimum atomic E-state index is -1.06. The summed E-state index contributed by atoms with van der Waals surface area (Å²) in [5.74, 6) is -2.58. The minimum Gasteiger partial charge on any atom is -0.462 e. The van der Waals surface area contributed by atoms with Gasteiger partial charge in [-0.1, -0.05) is 12.1 Å². The van der Waals surface area contributed by atoms with E-state index in [1.807, 2.05) is 24.3 Å².